The maximum absolute atomic E-state index is 13.5. The van der Waals surface area contributed by atoms with Gasteiger partial charge in [0.05, 0.1) is 18.8 Å². The van der Waals surface area contributed by atoms with E-state index in [0.717, 1.165) is 12.0 Å². The minimum atomic E-state index is -0.353. The van der Waals surface area contributed by atoms with Crippen LogP contribution in [-0.4, -0.2) is 32.0 Å². The summed E-state index contributed by atoms with van der Waals surface area (Å²) in [6, 6.07) is 4.75. The molecule has 0 saturated carbocycles. The van der Waals surface area contributed by atoms with Gasteiger partial charge in [-0.2, -0.15) is 0 Å². The molecule has 1 rings (SSSR count). The van der Waals surface area contributed by atoms with Crippen molar-refractivity contribution in [1.29, 1.82) is 0 Å². The number of methoxy groups -OCH3 is 1. The van der Waals surface area contributed by atoms with Gasteiger partial charge in [0.2, 0.25) is 0 Å². The molecule has 0 unspecified atom stereocenters. The van der Waals surface area contributed by atoms with Crippen molar-refractivity contribution in [2.45, 2.75) is 19.4 Å². The molecule has 0 atom stereocenters. The fraction of sp³-hybridized carbons (Fsp3) is 0.467. The predicted octanol–water partition coefficient (Wildman–Crippen LogP) is 2.11. The first-order chi connectivity index (χ1) is 9.27. The molecule has 0 aliphatic heterocycles. The van der Waals surface area contributed by atoms with E-state index < -0.39 is 0 Å². The van der Waals surface area contributed by atoms with Gasteiger partial charge in [0.15, 0.2) is 0 Å². The molecule has 0 aromatic heterocycles. The number of aliphatic hydroxyl groups excluding tert-OH is 1. The van der Waals surface area contributed by atoms with Gasteiger partial charge in [0.1, 0.15) is 5.82 Å². The molecule has 19 heavy (non-hydrogen) atoms. The summed E-state index contributed by atoms with van der Waals surface area (Å²) in [6.07, 6.45) is 1.18. The number of aliphatic hydroxyl groups is 1. The van der Waals surface area contributed by atoms with Crippen molar-refractivity contribution in [3.63, 3.8) is 0 Å². The second-order valence-corrected chi connectivity index (χ2v) is 3.99. The van der Waals surface area contributed by atoms with Crippen LogP contribution in [-0.2, 0) is 16.1 Å². The molecule has 0 saturated heterocycles. The van der Waals surface area contributed by atoms with E-state index in [0.29, 0.717) is 31.8 Å². The monoisotopic (exact) mass is 266 g/mol. The summed E-state index contributed by atoms with van der Waals surface area (Å²) in [5.74, 6) is 5.06. The van der Waals surface area contributed by atoms with E-state index in [9.17, 15) is 4.39 Å². The average Bonchev–Trinajstić information content (AvgIpc) is 2.42. The largest absolute Gasteiger partial charge is 0.395 e. The number of hydrogen-bond acceptors (Lipinski definition) is 3. The van der Waals surface area contributed by atoms with Gasteiger partial charge >= 0.3 is 0 Å². The van der Waals surface area contributed by atoms with Crippen molar-refractivity contribution in [1.82, 2.24) is 0 Å². The van der Waals surface area contributed by atoms with Crippen LogP contribution >= 0.6 is 0 Å². The van der Waals surface area contributed by atoms with Crippen LogP contribution in [0.3, 0.4) is 0 Å². The van der Waals surface area contributed by atoms with Crippen molar-refractivity contribution in [2.75, 3.05) is 26.9 Å². The van der Waals surface area contributed by atoms with E-state index in [2.05, 4.69) is 11.8 Å². The Morgan fingerprint density at radius 3 is 2.89 bits per heavy atom. The van der Waals surface area contributed by atoms with Crippen LogP contribution in [0.1, 0.15) is 24.0 Å². The Balaban J connectivity index is 2.51. The van der Waals surface area contributed by atoms with Gasteiger partial charge in [-0.05, 0) is 24.1 Å². The zero-order valence-electron chi connectivity index (χ0n) is 11.1. The second-order valence-electron chi connectivity index (χ2n) is 3.99. The lowest BCUT2D eigenvalue weighted by Crippen LogP contribution is -2.00. The smallest absolute Gasteiger partial charge is 0.138 e. The molecule has 0 fully saturated rings. The summed E-state index contributed by atoms with van der Waals surface area (Å²) in [7, 11) is 1.65. The molecule has 0 spiro atoms. The normalized spacial score (nSPS) is 10.1. The third-order valence-electron chi connectivity index (χ3n) is 2.40. The standard InChI is InChI=1S/C15H19FO3/c1-18-9-4-10-19-12-13-6-7-15(16)14(11-13)5-2-3-8-17/h6-7,11,17H,3-4,8-10,12H2,1H3. The summed E-state index contributed by atoms with van der Waals surface area (Å²) in [5, 5.41) is 8.63. The Kier molecular flexibility index (Phi) is 7.83. The summed E-state index contributed by atoms with van der Waals surface area (Å²) in [6.45, 7) is 1.69. The van der Waals surface area contributed by atoms with Gasteiger partial charge in [0, 0.05) is 26.7 Å². The Morgan fingerprint density at radius 2 is 2.16 bits per heavy atom. The highest BCUT2D eigenvalue weighted by Gasteiger charge is 2.01. The minimum absolute atomic E-state index is 0.0169. The maximum atomic E-state index is 13.5. The van der Waals surface area contributed by atoms with Gasteiger partial charge < -0.3 is 14.6 Å². The number of ether oxygens (including phenoxy) is 2. The SMILES string of the molecule is COCCCOCc1ccc(F)c(C#CCCO)c1. The molecule has 3 nitrogen and oxygen atoms in total. The van der Waals surface area contributed by atoms with Gasteiger partial charge in [-0.1, -0.05) is 17.9 Å². The first kappa shape index (κ1) is 15.6. The van der Waals surface area contributed by atoms with E-state index in [1.165, 1.54) is 6.07 Å². The zero-order chi connectivity index (χ0) is 13.9. The van der Waals surface area contributed by atoms with Crippen molar-refractivity contribution < 1.29 is 19.0 Å². The molecule has 104 valence electrons. The maximum Gasteiger partial charge on any atom is 0.138 e. The summed E-state index contributed by atoms with van der Waals surface area (Å²) < 4.78 is 23.8. The molecule has 0 radical (unpaired) electrons. The fourth-order valence-electron chi connectivity index (χ4n) is 1.47. The highest BCUT2D eigenvalue weighted by molar-refractivity contribution is 5.38. The quantitative estimate of drug-likeness (QED) is 0.607. The van der Waals surface area contributed by atoms with Crippen LogP contribution in [0.4, 0.5) is 4.39 Å². The van der Waals surface area contributed by atoms with Crippen LogP contribution < -0.4 is 0 Å². The van der Waals surface area contributed by atoms with Gasteiger partial charge in [-0.25, -0.2) is 4.39 Å². The number of halogens is 1. The van der Waals surface area contributed by atoms with Gasteiger partial charge in [-0.15, -0.1) is 0 Å². The molecule has 4 heteroatoms. The molecule has 0 aliphatic rings. The third-order valence-corrected chi connectivity index (χ3v) is 2.40. The summed E-state index contributed by atoms with van der Waals surface area (Å²) in [5.41, 5.74) is 1.22. The molecular formula is C15H19FO3. The Bertz CT molecular complexity index is 435. The van der Waals surface area contributed by atoms with E-state index in [4.69, 9.17) is 14.6 Å². The van der Waals surface area contributed by atoms with Crippen LogP contribution in [0.2, 0.25) is 0 Å². The van der Waals surface area contributed by atoms with Crippen LogP contribution in [0.25, 0.3) is 0 Å². The molecule has 0 heterocycles. The average molecular weight is 266 g/mol. The first-order valence-corrected chi connectivity index (χ1v) is 6.22. The molecular weight excluding hydrogens is 247 g/mol. The van der Waals surface area contributed by atoms with Crippen LogP contribution in [0, 0.1) is 17.7 Å². The molecule has 0 aliphatic carbocycles. The molecule has 1 aromatic carbocycles. The van der Waals surface area contributed by atoms with E-state index in [1.807, 2.05) is 0 Å². The third kappa shape index (κ3) is 6.35. The number of benzene rings is 1. The molecule has 0 amide bonds. The van der Waals surface area contributed by atoms with Crippen molar-refractivity contribution in [3.8, 4) is 11.8 Å². The molecule has 0 bridgehead atoms. The van der Waals surface area contributed by atoms with Crippen LogP contribution in [0.5, 0.6) is 0 Å². The predicted molar refractivity (Wildman–Crippen MR) is 71.1 cm³/mol. The van der Waals surface area contributed by atoms with E-state index >= 15 is 0 Å². The summed E-state index contributed by atoms with van der Waals surface area (Å²) >= 11 is 0. The first-order valence-electron chi connectivity index (χ1n) is 6.22. The van der Waals surface area contributed by atoms with Crippen molar-refractivity contribution >= 4 is 0 Å². The fourth-order valence-corrected chi connectivity index (χ4v) is 1.47. The second kappa shape index (κ2) is 9.51. The minimum Gasteiger partial charge on any atom is -0.395 e. The lowest BCUT2D eigenvalue weighted by atomic mass is 10.1. The van der Waals surface area contributed by atoms with Gasteiger partial charge in [0.25, 0.3) is 0 Å². The Morgan fingerprint density at radius 1 is 1.32 bits per heavy atom. The Hall–Kier alpha value is -1.41. The Labute approximate surface area is 113 Å². The number of hydrogen-bond donors (Lipinski definition) is 1. The molecule has 1 N–H and O–H groups in total. The van der Waals surface area contributed by atoms with Crippen molar-refractivity contribution in [2.24, 2.45) is 0 Å². The van der Waals surface area contributed by atoms with E-state index in [1.54, 1.807) is 19.2 Å². The van der Waals surface area contributed by atoms with Gasteiger partial charge in [-0.3, -0.25) is 0 Å². The highest BCUT2D eigenvalue weighted by atomic mass is 19.1. The lowest BCUT2D eigenvalue weighted by molar-refractivity contribution is 0.0928. The van der Waals surface area contributed by atoms with Crippen LogP contribution in [0.15, 0.2) is 18.2 Å². The highest BCUT2D eigenvalue weighted by Crippen LogP contribution is 2.10. The topological polar surface area (TPSA) is 38.7 Å². The lowest BCUT2D eigenvalue weighted by Gasteiger charge is -2.05. The number of rotatable bonds is 7. The van der Waals surface area contributed by atoms with Crippen molar-refractivity contribution in [3.05, 3.63) is 35.1 Å². The van der Waals surface area contributed by atoms with E-state index in [-0.39, 0.29) is 12.4 Å². The summed E-state index contributed by atoms with van der Waals surface area (Å²) in [4.78, 5) is 0. The molecule has 1 aromatic rings. The zero-order valence-corrected chi connectivity index (χ0v) is 11.1.